The molecule has 4 heteroatoms. The third-order valence-corrected chi connectivity index (χ3v) is 2.87. The minimum Gasteiger partial charge on any atom is -0.354 e. The maximum atomic E-state index is 13.5. The fraction of sp³-hybridized carbons (Fsp3) is 0.364. The predicted molar refractivity (Wildman–Crippen MR) is 62.2 cm³/mol. The van der Waals surface area contributed by atoms with Crippen LogP contribution in [0.4, 0.5) is 10.1 Å². The van der Waals surface area contributed by atoms with E-state index in [9.17, 15) is 4.39 Å². The Kier molecular flexibility index (Phi) is 3.35. The largest absolute Gasteiger partial charge is 0.354 e. The van der Waals surface area contributed by atoms with Crippen LogP contribution in [-0.2, 0) is 0 Å². The molecule has 0 saturated heterocycles. The van der Waals surface area contributed by atoms with Gasteiger partial charge in [-0.25, -0.2) is 4.39 Å². The lowest BCUT2D eigenvalue weighted by molar-refractivity contribution is 0.577. The van der Waals surface area contributed by atoms with Crippen LogP contribution in [0.2, 0.25) is 0 Å². The molecule has 0 aliphatic rings. The van der Waals surface area contributed by atoms with Gasteiger partial charge in [-0.2, -0.15) is 5.26 Å². The average Bonchev–Trinajstić information content (AvgIpc) is 2.20. The van der Waals surface area contributed by atoms with E-state index in [0.717, 1.165) is 4.47 Å². The van der Waals surface area contributed by atoms with Gasteiger partial charge >= 0.3 is 0 Å². The minimum atomic E-state index is -0.734. The first-order valence-corrected chi connectivity index (χ1v) is 5.28. The zero-order valence-corrected chi connectivity index (χ0v) is 10.5. The normalized spacial score (nSPS) is 10.9. The van der Waals surface area contributed by atoms with Crippen molar-refractivity contribution in [1.82, 2.24) is 0 Å². The molecule has 0 unspecified atom stereocenters. The molecular weight excluding hydrogens is 259 g/mol. The number of halogens is 2. The van der Waals surface area contributed by atoms with E-state index in [-0.39, 0.29) is 5.82 Å². The minimum absolute atomic E-state index is 0.330. The topological polar surface area (TPSA) is 27.0 Å². The molecule has 15 heavy (non-hydrogen) atoms. The van der Waals surface area contributed by atoms with Crippen LogP contribution in [0.25, 0.3) is 0 Å². The van der Waals surface area contributed by atoms with Crippen molar-refractivity contribution in [2.45, 2.75) is 19.4 Å². The quantitative estimate of drug-likeness (QED) is 0.825. The Labute approximate surface area is 97.4 Å². The Bertz CT molecular complexity index is 410. The summed E-state index contributed by atoms with van der Waals surface area (Å²) in [5, 5.41) is 8.96. The molecule has 0 atom stereocenters. The Morgan fingerprint density at radius 3 is 2.60 bits per heavy atom. The molecule has 0 aromatic heterocycles. The number of benzene rings is 1. The summed E-state index contributed by atoms with van der Waals surface area (Å²) in [4.78, 5) is 1.62. The van der Waals surface area contributed by atoms with E-state index in [4.69, 9.17) is 5.26 Å². The van der Waals surface area contributed by atoms with Gasteiger partial charge in [0.15, 0.2) is 0 Å². The van der Waals surface area contributed by atoms with E-state index in [1.165, 1.54) is 6.07 Å². The molecule has 0 saturated carbocycles. The van der Waals surface area contributed by atoms with E-state index >= 15 is 0 Å². The van der Waals surface area contributed by atoms with Gasteiger partial charge in [0.2, 0.25) is 0 Å². The zero-order chi connectivity index (χ0) is 11.6. The van der Waals surface area contributed by atoms with Crippen LogP contribution < -0.4 is 4.90 Å². The summed E-state index contributed by atoms with van der Waals surface area (Å²) in [5.41, 5.74) is -0.322. The van der Waals surface area contributed by atoms with Gasteiger partial charge in [0, 0.05) is 11.5 Å². The van der Waals surface area contributed by atoms with Crippen LogP contribution in [0.15, 0.2) is 22.7 Å². The first-order valence-electron chi connectivity index (χ1n) is 4.48. The van der Waals surface area contributed by atoms with Gasteiger partial charge in [-0.3, -0.25) is 0 Å². The Balaban J connectivity index is 3.17. The van der Waals surface area contributed by atoms with Crippen molar-refractivity contribution in [2.24, 2.45) is 0 Å². The molecule has 0 heterocycles. The third-order valence-electron chi connectivity index (χ3n) is 2.38. The second kappa shape index (κ2) is 4.19. The highest BCUT2D eigenvalue weighted by Gasteiger charge is 2.25. The number of nitrogens with zero attached hydrogens (tertiary/aromatic N) is 2. The molecule has 2 nitrogen and oxygen atoms in total. The second-order valence-electron chi connectivity index (χ2n) is 3.83. The van der Waals surface area contributed by atoms with E-state index in [2.05, 4.69) is 22.0 Å². The molecule has 0 radical (unpaired) electrons. The summed E-state index contributed by atoms with van der Waals surface area (Å²) in [6.07, 6.45) is 0. The maximum Gasteiger partial charge on any atom is 0.146 e. The lowest BCUT2D eigenvalue weighted by Crippen LogP contribution is -2.40. The van der Waals surface area contributed by atoms with Crippen molar-refractivity contribution in [1.29, 1.82) is 5.26 Å². The van der Waals surface area contributed by atoms with Crippen LogP contribution in [0, 0.1) is 17.1 Å². The molecule has 0 spiro atoms. The Hall–Kier alpha value is -1.08. The van der Waals surface area contributed by atoms with Crippen molar-refractivity contribution in [3.63, 3.8) is 0 Å². The second-order valence-corrected chi connectivity index (χ2v) is 4.74. The van der Waals surface area contributed by atoms with Crippen LogP contribution >= 0.6 is 15.9 Å². The van der Waals surface area contributed by atoms with E-state index in [1.54, 1.807) is 37.9 Å². The number of nitriles is 1. The van der Waals surface area contributed by atoms with E-state index in [1.807, 2.05) is 0 Å². The van der Waals surface area contributed by atoms with Crippen LogP contribution in [0.3, 0.4) is 0 Å². The summed E-state index contributed by atoms with van der Waals surface area (Å²) >= 11 is 3.28. The smallest absolute Gasteiger partial charge is 0.146 e. The summed E-state index contributed by atoms with van der Waals surface area (Å²) in [6, 6.07) is 6.80. The molecule has 0 aliphatic heterocycles. The molecule has 0 aliphatic carbocycles. The SMILES string of the molecule is CN(c1cc(Br)ccc1F)C(C)(C)C#N. The van der Waals surface area contributed by atoms with Gasteiger partial charge in [0.1, 0.15) is 11.4 Å². The standard InChI is InChI=1S/C11H12BrFN2/c1-11(2,7-14)15(3)10-6-8(12)4-5-9(10)13/h4-6H,1-3H3. The van der Waals surface area contributed by atoms with E-state index in [0.29, 0.717) is 5.69 Å². The van der Waals surface area contributed by atoms with Crippen LogP contribution in [-0.4, -0.2) is 12.6 Å². The van der Waals surface area contributed by atoms with Gasteiger partial charge < -0.3 is 4.90 Å². The van der Waals surface area contributed by atoms with Crippen molar-refractivity contribution < 1.29 is 4.39 Å². The Morgan fingerprint density at radius 2 is 2.07 bits per heavy atom. The molecule has 0 N–H and O–H groups in total. The summed E-state index contributed by atoms with van der Waals surface area (Å²) < 4.78 is 14.3. The highest BCUT2D eigenvalue weighted by atomic mass is 79.9. The fourth-order valence-electron chi connectivity index (χ4n) is 1.12. The van der Waals surface area contributed by atoms with Gasteiger partial charge in [-0.05, 0) is 32.0 Å². The predicted octanol–water partition coefficient (Wildman–Crippen LogP) is 3.33. The van der Waals surface area contributed by atoms with Gasteiger partial charge in [0.25, 0.3) is 0 Å². The lowest BCUT2D eigenvalue weighted by atomic mass is 10.1. The molecule has 0 fully saturated rings. The van der Waals surface area contributed by atoms with Crippen molar-refractivity contribution >= 4 is 21.6 Å². The molecule has 0 amide bonds. The number of rotatable bonds is 2. The molecular formula is C11H12BrFN2. The molecule has 1 aromatic carbocycles. The summed E-state index contributed by atoms with van der Waals surface area (Å²) in [6.45, 7) is 3.49. The van der Waals surface area contributed by atoms with E-state index < -0.39 is 5.54 Å². The summed E-state index contributed by atoms with van der Waals surface area (Å²) in [5.74, 6) is -0.330. The molecule has 80 valence electrons. The average molecular weight is 271 g/mol. The Morgan fingerprint density at radius 1 is 1.47 bits per heavy atom. The number of hydrogen-bond donors (Lipinski definition) is 0. The first-order chi connectivity index (χ1) is 6.88. The maximum absolute atomic E-state index is 13.5. The first kappa shape index (κ1) is 12.0. The van der Waals surface area contributed by atoms with Gasteiger partial charge in [-0.1, -0.05) is 15.9 Å². The molecule has 0 bridgehead atoms. The number of hydrogen-bond acceptors (Lipinski definition) is 2. The molecule has 1 rings (SSSR count). The van der Waals surface area contributed by atoms with Crippen molar-refractivity contribution in [3.8, 4) is 6.07 Å². The monoisotopic (exact) mass is 270 g/mol. The number of anilines is 1. The highest BCUT2D eigenvalue weighted by molar-refractivity contribution is 9.10. The van der Waals surface area contributed by atoms with Crippen LogP contribution in [0.1, 0.15) is 13.8 Å². The van der Waals surface area contributed by atoms with Crippen molar-refractivity contribution in [2.75, 3.05) is 11.9 Å². The summed E-state index contributed by atoms with van der Waals surface area (Å²) in [7, 11) is 1.70. The van der Waals surface area contributed by atoms with Crippen LogP contribution in [0.5, 0.6) is 0 Å². The fourth-order valence-corrected chi connectivity index (χ4v) is 1.47. The third kappa shape index (κ3) is 2.48. The lowest BCUT2D eigenvalue weighted by Gasteiger charge is -2.31. The zero-order valence-electron chi connectivity index (χ0n) is 8.88. The molecule has 1 aromatic rings. The van der Waals surface area contributed by atoms with Gasteiger partial charge in [-0.15, -0.1) is 0 Å². The van der Waals surface area contributed by atoms with Crippen molar-refractivity contribution in [3.05, 3.63) is 28.5 Å². The highest BCUT2D eigenvalue weighted by Crippen LogP contribution is 2.27. The van der Waals surface area contributed by atoms with Gasteiger partial charge in [0.05, 0.1) is 11.8 Å².